The number of carbonyl (C=O) groups is 1. The molecule has 0 saturated carbocycles. The van der Waals surface area contributed by atoms with Crippen molar-refractivity contribution in [2.45, 2.75) is 4.90 Å². The van der Waals surface area contributed by atoms with E-state index < -0.39 is 20.9 Å². The lowest BCUT2D eigenvalue weighted by molar-refractivity contribution is -0.384. The molecule has 2 rings (SSSR count). The Balaban J connectivity index is 2.20. The number of anilines is 1. The Bertz CT molecular complexity index is 1040. The molecule has 142 valence electrons. The summed E-state index contributed by atoms with van der Waals surface area (Å²) in [6.45, 7) is 0. The van der Waals surface area contributed by atoms with Crippen LogP contribution in [0.4, 0.5) is 11.4 Å². The molecule has 0 heterocycles. The zero-order valence-corrected chi connectivity index (χ0v) is 15.5. The van der Waals surface area contributed by atoms with Crippen LogP contribution in [0.3, 0.4) is 0 Å². The molecule has 2 aromatic rings. The zero-order valence-electron chi connectivity index (χ0n) is 13.9. The van der Waals surface area contributed by atoms with Crippen molar-refractivity contribution in [3.63, 3.8) is 0 Å². The van der Waals surface area contributed by atoms with Crippen LogP contribution in [-0.4, -0.2) is 26.4 Å². The summed E-state index contributed by atoms with van der Waals surface area (Å²) >= 11 is 5.72. The number of benzene rings is 2. The van der Waals surface area contributed by atoms with Gasteiger partial charge >= 0.3 is 0 Å². The first-order chi connectivity index (χ1) is 12.6. The second kappa shape index (κ2) is 8.16. The molecule has 11 heteroatoms. The number of nitro groups is 1. The highest BCUT2D eigenvalue weighted by atomic mass is 35.5. The topological polar surface area (TPSA) is 142 Å². The third kappa shape index (κ3) is 5.26. The number of methoxy groups -OCH3 is 1. The highest BCUT2D eigenvalue weighted by molar-refractivity contribution is 7.89. The number of nitrogens with two attached hydrogens (primary N) is 1. The van der Waals surface area contributed by atoms with Gasteiger partial charge in [-0.2, -0.15) is 0 Å². The summed E-state index contributed by atoms with van der Waals surface area (Å²) < 4.78 is 28.1. The zero-order chi connectivity index (χ0) is 20.2. The van der Waals surface area contributed by atoms with Gasteiger partial charge < -0.3 is 10.1 Å². The monoisotopic (exact) mass is 411 g/mol. The van der Waals surface area contributed by atoms with Crippen LogP contribution < -0.4 is 15.2 Å². The van der Waals surface area contributed by atoms with Gasteiger partial charge in [-0.1, -0.05) is 17.7 Å². The molecule has 0 saturated heterocycles. The third-order valence-electron chi connectivity index (χ3n) is 3.33. The minimum Gasteiger partial charge on any atom is -0.495 e. The van der Waals surface area contributed by atoms with Gasteiger partial charge in [-0.15, -0.1) is 0 Å². The van der Waals surface area contributed by atoms with Crippen molar-refractivity contribution in [2.24, 2.45) is 5.14 Å². The van der Waals surface area contributed by atoms with Gasteiger partial charge in [0.15, 0.2) is 0 Å². The van der Waals surface area contributed by atoms with Crippen LogP contribution in [0, 0.1) is 10.1 Å². The Labute approximate surface area is 159 Å². The predicted molar refractivity (Wildman–Crippen MR) is 100 cm³/mol. The van der Waals surface area contributed by atoms with E-state index in [-0.39, 0.29) is 27.0 Å². The van der Waals surface area contributed by atoms with Gasteiger partial charge in [0, 0.05) is 17.8 Å². The molecule has 0 unspecified atom stereocenters. The van der Waals surface area contributed by atoms with E-state index in [1.165, 1.54) is 43.5 Å². The number of halogens is 1. The summed E-state index contributed by atoms with van der Waals surface area (Å²) in [5.74, 6) is -0.544. The lowest BCUT2D eigenvalue weighted by Crippen LogP contribution is -2.15. The fraction of sp³-hybridized carbons (Fsp3) is 0.0625. The number of sulfonamides is 1. The number of rotatable bonds is 6. The second-order valence-electron chi connectivity index (χ2n) is 5.20. The Kier molecular flexibility index (Phi) is 6.16. The van der Waals surface area contributed by atoms with Gasteiger partial charge in [-0.3, -0.25) is 14.9 Å². The van der Waals surface area contributed by atoms with Gasteiger partial charge in [-0.05, 0) is 35.9 Å². The summed E-state index contributed by atoms with van der Waals surface area (Å²) in [7, 11) is -2.76. The highest BCUT2D eigenvalue weighted by Gasteiger charge is 2.16. The van der Waals surface area contributed by atoms with Crippen molar-refractivity contribution in [3.8, 4) is 5.75 Å². The first-order valence-electron chi connectivity index (χ1n) is 7.25. The Morgan fingerprint density at radius 2 is 2.00 bits per heavy atom. The minimum atomic E-state index is -4.05. The van der Waals surface area contributed by atoms with Crippen LogP contribution in [-0.2, 0) is 14.8 Å². The van der Waals surface area contributed by atoms with Crippen molar-refractivity contribution in [1.29, 1.82) is 0 Å². The van der Waals surface area contributed by atoms with E-state index in [4.69, 9.17) is 21.5 Å². The summed E-state index contributed by atoms with van der Waals surface area (Å²) in [5, 5.41) is 18.4. The van der Waals surface area contributed by atoms with E-state index in [9.17, 15) is 23.3 Å². The molecule has 0 aliphatic rings. The lowest BCUT2D eigenvalue weighted by atomic mass is 10.2. The number of hydrogen-bond donors (Lipinski definition) is 2. The molecular weight excluding hydrogens is 398 g/mol. The molecule has 1 amide bonds. The van der Waals surface area contributed by atoms with Gasteiger partial charge in [0.05, 0.1) is 12.0 Å². The molecule has 0 bridgehead atoms. The molecule has 0 radical (unpaired) electrons. The number of hydrogen-bond acceptors (Lipinski definition) is 6. The normalized spacial score (nSPS) is 11.4. The van der Waals surface area contributed by atoms with Crippen molar-refractivity contribution in [1.82, 2.24) is 0 Å². The number of nitrogens with zero attached hydrogens (tertiary/aromatic N) is 1. The first kappa shape index (κ1) is 20.4. The van der Waals surface area contributed by atoms with Crippen LogP contribution in [0.1, 0.15) is 5.56 Å². The van der Waals surface area contributed by atoms with Crippen LogP contribution >= 0.6 is 11.6 Å². The van der Waals surface area contributed by atoms with Gasteiger partial charge in [0.25, 0.3) is 5.69 Å². The van der Waals surface area contributed by atoms with E-state index in [1.54, 1.807) is 0 Å². The number of nitro benzene ring substituents is 1. The van der Waals surface area contributed by atoms with E-state index in [1.807, 2.05) is 0 Å². The number of carbonyl (C=O) groups excluding carboxylic acids is 1. The van der Waals surface area contributed by atoms with Crippen LogP contribution in [0.2, 0.25) is 5.02 Å². The maximum absolute atomic E-state index is 12.0. The van der Waals surface area contributed by atoms with E-state index >= 15 is 0 Å². The van der Waals surface area contributed by atoms with Crippen LogP contribution in [0.15, 0.2) is 47.4 Å². The van der Waals surface area contributed by atoms with Crippen LogP contribution in [0.5, 0.6) is 5.75 Å². The maximum Gasteiger partial charge on any atom is 0.288 e. The van der Waals surface area contributed by atoms with Crippen molar-refractivity contribution in [2.75, 3.05) is 12.4 Å². The summed E-state index contributed by atoms with van der Waals surface area (Å²) in [4.78, 5) is 22.0. The van der Waals surface area contributed by atoms with Crippen molar-refractivity contribution >= 4 is 45.0 Å². The Hall–Kier alpha value is -2.95. The molecule has 0 aliphatic heterocycles. The number of primary sulfonamides is 1. The Morgan fingerprint density at radius 1 is 1.30 bits per heavy atom. The first-order valence-corrected chi connectivity index (χ1v) is 9.18. The number of amides is 1. The summed E-state index contributed by atoms with van der Waals surface area (Å²) in [6, 6.07) is 8.02. The second-order valence-corrected chi connectivity index (χ2v) is 7.14. The molecule has 9 nitrogen and oxygen atoms in total. The minimum absolute atomic E-state index is 0.0182. The van der Waals surface area contributed by atoms with Gasteiger partial charge in [0.1, 0.15) is 15.7 Å². The largest absolute Gasteiger partial charge is 0.495 e. The average Bonchev–Trinajstić information content (AvgIpc) is 2.60. The molecule has 27 heavy (non-hydrogen) atoms. The van der Waals surface area contributed by atoms with E-state index in [2.05, 4.69) is 5.32 Å². The van der Waals surface area contributed by atoms with Crippen molar-refractivity contribution in [3.05, 3.63) is 63.2 Å². The summed E-state index contributed by atoms with van der Waals surface area (Å²) in [6.07, 6.45) is 2.48. The van der Waals surface area contributed by atoms with Crippen molar-refractivity contribution < 1.29 is 22.9 Å². The fourth-order valence-electron chi connectivity index (χ4n) is 2.11. The average molecular weight is 412 g/mol. The predicted octanol–water partition coefficient (Wildman–Crippen LogP) is 2.56. The summed E-state index contributed by atoms with van der Waals surface area (Å²) in [5.41, 5.74) is 0.282. The lowest BCUT2D eigenvalue weighted by Gasteiger charge is -2.09. The molecule has 0 aromatic heterocycles. The quantitative estimate of drug-likeness (QED) is 0.425. The van der Waals surface area contributed by atoms with Crippen LogP contribution in [0.25, 0.3) is 6.08 Å². The SMILES string of the molecule is COc1ccc(NC(=O)/C=C/c2ccc(Cl)c([N+](=O)[O-])c2)cc1S(N)(=O)=O. The number of ether oxygens (including phenoxy) is 1. The Morgan fingerprint density at radius 3 is 2.59 bits per heavy atom. The molecule has 0 spiro atoms. The fourth-order valence-corrected chi connectivity index (χ4v) is 3.02. The maximum atomic E-state index is 12.0. The molecule has 2 aromatic carbocycles. The molecule has 0 atom stereocenters. The number of nitrogens with one attached hydrogen (secondary N) is 1. The highest BCUT2D eigenvalue weighted by Crippen LogP contribution is 2.27. The van der Waals surface area contributed by atoms with Gasteiger partial charge in [0.2, 0.25) is 15.9 Å². The standard InChI is InChI=1S/C16H14ClN3O6S/c1-26-14-6-4-11(9-15(14)27(18,24)25)19-16(21)7-3-10-2-5-12(17)13(8-10)20(22)23/h2-9H,1H3,(H,19,21)(H2,18,24,25)/b7-3+. The van der Waals surface area contributed by atoms with E-state index in [0.717, 1.165) is 12.1 Å². The smallest absolute Gasteiger partial charge is 0.288 e. The molecule has 0 fully saturated rings. The molecule has 3 N–H and O–H groups in total. The molecular formula is C16H14ClN3O6S. The third-order valence-corrected chi connectivity index (χ3v) is 4.58. The van der Waals surface area contributed by atoms with Gasteiger partial charge in [-0.25, -0.2) is 13.6 Å². The molecule has 0 aliphatic carbocycles. The van der Waals surface area contributed by atoms with E-state index in [0.29, 0.717) is 5.56 Å².